The molecule has 1 aromatic heterocycles. The Hall–Kier alpha value is -4.15. The van der Waals surface area contributed by atoms with E-state index in [1.165, 1.54) is 11.8 Å². The molecule has 0 spiro atoms. The van der Waals surface area contributed by atoms with Gasteiger partial charge in [0.15, 0.2) is 11.0 Å². The van der Waals surface area contributed by atoms with Crippen molar-refractivity contribution in [1.82, 2.24) is 19.7 Å². The topological polar surface area (TPSA) is 74.8 Å². The van der Waals surface area contributed by atoms with Crippen molar-refractivity contribution in [2.75, 3.05) is 12.3 Å². The van der Waals surface area contributed by atoms with Crippen molar-refractivity contribution in [3.63, 3.8) is 0 Å². The fraction of sp³-hybridized carbons (Fsp3) is 0.111. The Bertz CT molecular complexity index is 1290. The second-order valence-corrected chi connectivity index (χ2v) is 8.45. The summed E-state index contributed by atoms with van der Waals surface area (Å²) >= 11 is 1.36. The second-order valence-electron chi connectivity index (χ2n) is 7.50. The standard InChI is InChI=1S/C27H23N5OS/c1-2-17-31(19-22-15-13-21(18-28)14-16-22)25(33)20-34-27-30-29-26(23-9-5-3-6-10-23)32(27)24-11-7-4-8-12-24/h2-16H,1,17,19-20H2. The number of amides is 1. The van der Waals surface area contributed by atoms with E-state index in [-0.39, 0.29) is 11.7 Å². The molecule has 7 heteroatoms. The Kier molecular flexibility index (Phi) is 7.53. The lowest BCUT2D eigenvalue weighted by Crippen LogP contribution is -2.32. The maximum absolute atomic E-state index is 13.1. The zero-order valence-electron chi connectivity index (χ0n) is 18.5. The Labute approximate surface area is 203 Å². The number of carbonyl (C=O) groups is 1. The second kappa shape index (κ2) is 11.1. The van der Waals surface area contributed by atoms with E-state index in [2.05, 4.69) is 22.8 Å². The highest BCUT2D eigenvalue weighted by atomic mass is 32.2. The fourth-order valence-electron chi connectivity index (χ4n) is 3.48. The fourth-order valence-corrected chi connectivity index (χ4v) is 4.34. The summed E-state index contributed by atoms with van der Waals surface area (Å²) in [5.41, 5.74) is 3.43. The molecule has 0 aliphatic carbocycles. The normalized spacial score (nSPS) is 10.4. The number of carbonyl (C=O) groups excluding carboxylic acids is 1. The lowest BCUT2D eigenvalue weighted by molar-refractivity contribution is -0.128. The van der Waals surface area contributed by atoms with Crippen LogP contribution in [0.5, 0.6) is 0 Å². The summed E-state index contributed by atoms with van der Waals surface area (Å²) in [6, 6.07) is 29.1. The molecule has 0 radical (unpaired) electrons. The maximum Gasteiger partial charge on any atom is 0.233 e. The van der Waals surface area contributed by atoms with E-state index in [1.54, 1.807) is 23.1 Å². The van der Waals surface area contributed by atoms with E-state index in [0.29, 0.717) is 23.8 Å². The minimum Gasteiger partial charge on any atom is -0.334 e. The van der Waals surface area contributed by atoms with Crippen LogP contribution < -0.4 is 0 Å². The predicted octanol–water partition coefficient (Wildman–Crippen LogP) is 5.11. The summed E-state index contributed by atoms with van der Waals surface area (Å²) in [6.45, 7) is 4.66. The summed E-state index contributed by atoms with van der Waals surface area (Å²) in [7, 11) is 0. The molecule has 1 heterocycles. The van der Waals surface area contributed by atoms with E-state index < -0.39 is 0 Å². The number of nitriles is 1. The first kappa shape index (κ1) is 23.0. The summed E-state index contributed by atoms with van der Waals surface area (Å²) in [6.07, 6.45) is 1.71. The van der Waals surface area contributed by atoms with Gasteiger partial charge >= 0.3 is 0 Å². The third kappa shape index (κ3) is 5.42. The number of hydrogen-bond donors (Lipinski definition) is 0. The molecule has 4 aromatic rings. The molecule has 0 saturated carbocycles. The van der Waals surface area contributed by atoms with E-state index in [0.717, 1.165) is 22.6 Å². The summed E-state index contributed by atoms with van der Waals surface area (Å²) < 4.78 is 1.98. The first-order valence-corrected chi connectivity index (χ1v) is 11.7. The number of hydrogen-bond acceptors (Lipinski definition) is 5. The van der Waals surface area contributed by atoms with Gasteiger partial charge in [0.05, 0.1) is 17.4 Å². The highest BCUT2D eigenvalue weighted by Gasteiger charge is 2.19. The van der Waals surface area contributed by atoms with Gasteiger partial charge in [0.2, 0.25) is 5.91 Å². The van der Waals surface area contributed by atoms with Gasteiger partial charge < -0.3 is 4.90 Å². The minimum atomic E-state index is -0.0295. The molecular formula is C27H23N5OS. The average molecular weight is 466 g/mol. The van der Waals surface area contributed by atoms with Crippen molar-refractivity contribution >= 4 is 17.7 Å². The average Bonchev–Trinajstić information content (AvgIpc) is 3.32. The predicted molar refractivity (Wildman–Crippen MR) is 134 cm³/mol. The van der Waals surface area contributed by atoms with Crippen LogP contribution in [-0.4, -0.2) is 37.9 Å². The summed E-state index contributed by atoms with van der Waals surface area (Å²) in [5.74, 6) is 0.907. The van der Waals surface area contributed by atoms with Crippen LogP contribution in [-0.2, 0) is 11.3 Å². The zero-order valence-corrected chi connectivity index (χ0v) is 19.4. The molecule has 0 saturated heterocycles. The van der Waals surface area contributed by atoms with Crippen LogP contribution in [0.4, 0.5) is 0 Å². The largest absolute Gasteiger partial charge is 0.334 e. The first-order chi connectivity index (χ1) is 16.7. The number of para-hydroxylation sites is 1. The van der Waals surface area contributed by atoms with Crippen LogP contribution in [0.1, 0.15) is 11.1 Å². The lowest BCUT2D eigenvalue weighted by Gasteiger charge is -2.21. The maximum atomic E-state index is 13.1. The van der Waals surface area contributed by atoms with Gasteiger partial charge in [-0.1, -0.05) is 78.5 Å². The smallest absolute Gasteiger partial charge is 0.233 e. The number of benzene rings is 3. The van der Waals surface area contributed by atoms with Crippen molar-refractivity contribution < 1.29 is 4.79 Å². The Balaban J connectivity index is 1.54. The van der Waals surface area contributed by atoms with Crippen molar-refractivity contribution in [2.24, 2.45) is 0 Å². The Morgan fingerprint density at radius 3 is 2.32 bits per heavy atom. The van der Waals surface area contributed by atoms with E-state index in [1.807, 2.05) is 77.4 Å². The van der Waals surface area contributed by atoms with Crippen molar-refractivity contribution in [1.29, 1.82) is 5.26 Å². The molecule has 168 valence electrons. The van der Waals surface area contributed by atoms with Crippen molar-refractivity contribution in [3.05, 3.63) is 109 Å². The number of nitrogens with zero attached hydrogens (tertiary/aromatic N) is 5. The summed E-state index contributed by atoms with van der Waals surface area (Å²) in [4.78, 5) is 14.8. The number of thioether (sulfide) groups is 1. The van der Waals surface area contributed by atoms with Crippen molar-refractivity contribution in [3.8, 4) is 23.1 Å². The lowest BCUT2D eigenvalue weighted by atomic mass is 10.1. The van der Waals surface area contributed by atoms with Crippen LogP contribution in [0.2, 0.25) is 0 Å². The quantitative estimate of drug-likeness (QED) is 0.254. The number of aromatic nitrogens is 3. The molecule has 0 atom stereocenters. The van der Waals surface area contributed by atoms with Gasteiger partial charge in [-0.2, -0.15) is 5.26 Å². The number of rotatable bonds is 9. The van der Waals surface area contributed by atoms with Gasteiger partial charge in [0.1, 0.15) is 0 Å². The minimum absolute atomic E-state index is 0.0295. The Morgan fingerprint density at radius 2 is 1.68 bits per heavy atom. The zero-order chi connectivity index (χ0) is 23.8. The molecule has 4 rings (SSSR count). The van der Waals surface area contributed by atoms with Gasteiger partial charge in [0.25, 0.3) is 0 Å². The van der Waals surface area contributed by atoms with Crippen LogP contribution in [0.3, 0.4) is 0 Å². The molecule has 0 bridgehead atoms. The summed E-state index contributed by atoms with van der Waals surface area (Å²) in [5, 5.41) is 18.5. The highest BCUT2D eigenvalue weighted by Crippen LogP contribution is 2.28. The van der Waals surface area contributed by atoms with Gasteiger partial charge in [0, 0.05) is 24.3 Å². The van der Waals surface area contributed by atoms with Gasteiger partial charge in [-0.05, 0) is 29.8 Å². The first-order valence-electron chi connectivity index (χ1n) is 10.8. The van der Waals surface area contributed by atoms with Gasteiger partial charge in [-0.3, -0.25) is 9.36 Å². The molecule has 0 N–H and O–H groups in total. The third-order valence-corrected chi connectivity index (χ3v) is 6.08. The van der Waals surface area contributed by atoms with E-state index in [4.69, 9.17) is 5.26 Å². The van der Waals surface area contributed by atoms with Crippen LogP contribution in [0.15, 0.2) is 103 Å². The Morgan fingerprint density at radius 1 is 1.00 bits per heavy atom. The molecular weight excluding hydrogens is 442 g/mol. The van der Waals surface area contributed by atoms with Crippen LogP contribution >= 0.6 is 11.8 Å². The van der Waals surface area contributed by atoms with Gasteiger partial charge in [-0.25, -0.2) is 0 Å². The van der Waals surface area contributed by atoms with Crippen LogP contribution in [0.25, 0.3) is 17.1 Å². The SMILES string of the molecule is C=CCN(Cc1ccc(C#N)cc1)C(=O)CSc1nnc(-c2ccccc2)n1-c1ccccc1. The molecule has 0 unspecified atom stereocenters. The third-order valence-electron chi connectivity index (χ3n) is 5.16. The molecule has 1 amide bonds. The van der Waals surface area contributed by atoms with Crippen molar-refractivity contribution in [2.45, 2.75) is 11.7 Å². The molecule has 6 nitrogen and oxygen atoms in total. The molecule has 34 heavy (non-hydrogen) atoms. The molecule has 0 aliphatic rings. The molecule has 0 aliphatic heterocycles. The molecule has 3 aromatic carbocycles. The highest BCUT2D eigenvalue weighted by molar-refractivity contribution is 7.99. The van der Waals surface area contributed by atoms with Crippen LogP contribution in [0, 0.1) is 11.3 Å². The monoisotopic (exact) mass is 465 g/mol. The van der Waals surface area contributed by atoms with E-state index >= 15 is 0 Å². The van der Waals surface area contributed by atoms with E-state index in [9.17, 15) is 4.79 Å². The molecule has 0 fully saturated rings. The van der Waals surface area contributed by atoms with Gasteiger partial charge in [-0.15, -0.1) is 16.8 Å².